The fourth-order valence-electron chi connectivity index (χ4n) is 1.75. The molecule has 0 aromatic heterocycles. The third kappa shape index (κ3) is 4.42. The maximum absolute atomic E-state index is 12.7. The number of nitrogens with one attached hydrogen (secondary N) is 2. The lowest BCUT2D eigenvalue weighted by Gasteiger charge is -2.07. The van der Waals surface area contributed by atoms with Crippen molar-refractivity contribution in [3.05, 3.63) is 71.5 Å². The van der Waals surface area contributed by atoms with Crippen molar-refractivity contribution in [1.82, 2.24) is 10.6 Å². The van der Waals surface area contributed by atoms with E-state index in [2.05, 4.69) is 10.6 Å². The molecule has 0 aliphatic carbocycles. The van der Waals surface area contributed by atoms with Gasteiger partial charge in [0.2, 0.25) is 0 Å². The molecular formula is C16H15FN2O2. The first kappa shape index (κ1) is 14.7. The summed E-state index contributed by atoms with van der Waals surface area (Å²) in [5.74, 6) is -0.878. The highest BCUT2D eigenvalue weighted by Crippen LogP contribution is 2.02. The molecule has 2 aromatic rings. The van der Waals surface area contributed by atoms with E-state index in [1.807, 2.05) is 6.07 Å². The van der Waals surface area contributed by atoms with Crippen LogP contribution >= 0.6 is 0 Å². The van der Waals surface area contributed by atoms with Crippen molar-refractivity contribution in [1.29, 1.82) is 0 Å². The van der Waals surface area contributed by atoms with Crippen LogP contribution in [0.15, 0.2) is 54.6 Å². The van der Waals surface area contributed by atoms with Crippen LogP contribution in [0.1, 0.15) is 20.7 Å². The molecule has 2 aromatic carbocycles. The Kier molecular flexibility index (Phi) is 5.04. The summed E-state index contributed by atoms with van der Waals surface area (Å²) in [5.41, 5.74) is 0.952. The van der Waals surface area contributed by atoms with E-state index < -0.39 is 0 Å². The number of benzene rings is 2. The number of hydrogen-bond acceptors (Lipinski definition) is 2. The van der Waals surface area contributed by atoms with E-state index in [1.165, 1.54) is 24.3 Å². The zero-order valence-corrected chi connectivity index (χ0v) is 11.3. The van der Waals surface area contributed by atoms with Gasteiger partial charge in [-0.05, 0) is 36.4 Å². The average molecular weight is 286 g/mol. The normalized spacial score (nSPS) is 9.95. The van der Waals surface area contributed by atoms with Gasteiger partial charge in [-0.3, -0.25) is 9.59 Å². The Hall–Kier alpha value is -2.69. The highest BCUT2D eigenvalue weighted by atomic mass is 19.1. The van der Waals surface area contributed by atoms with Gasteiger partial charge in [-0.25, -0.2) is 4.39 Å². The average Bonchev–Trinajstić information content (AvgIpc) is 2.52. The van der Waals surface area contributed by atoms with Crippen molar-refractivity contribution in [2.45, 2.75) is 0 Å². The zero-order valence-electron chi connectivity index (χ0n) is 11.3. The van der Waals surface area contributed by atoms with Gasteiger partial charge in [-0.2, -0.15) is 0 Å². The molecule has 0 fully saturated rings. The Morgan fingerprint density at radius 3 is 1.76 bits per heavy atom. The third-order valence-corrected chi connectivity index (χ3v) is 2.84. The number of hydrogen-bond donors (Lipinski definition) is 2. The second-order valence-corrected chi connectivity index (χ2v) is 4.38. The minimum atomic E-state index is -0.387. The zero-order chi connectivity index (χ0) is 15.1. The van der Waals surface area contributed by atoms with Crippen molar-refractivity contribution in [3.63, 3.8) is 0 Å². The molecule has 4 nitrogen and oxygen atoms in total. The molecule has 0 saturated carbocycles. The van der Waals surface area contributed by atoms with Crippen LogP contribution in [0.25, 0.3) is 0 Å². The fourth-order valence-corrected chi connectivity index (χ4v) is 1.75. The highest BCUT2D eigenvalue weighted by molar-refractivity contribution is 5.95. The molecule has 0 saturated heterocycles. The van der Waals surface area contributed by atoms with Gasteiger partial charge < -0.3 is 10.6 Å². The molecule has 5 heteroatoms. The van der Waals surface area contributed by atoms with Gasteiger partial charge in [0.05, 0.1) is 0 Å². The summed E-state index contributed by atoms with van der Waals surface area (Å²) in [6, 6.07) is 14.1. The number of carbonyl (C=O) groups excluding carboxylic acids is 2. The summed E-state index contributed by atoms with van der Waals surface area (Å²) in [6.45, 7) is 0.620. The summed E-state index contributed by atoms with van der Waals surface area (Å²) in [5, 5.41) is 5.35. The smallest absolute Gasteiger partial charge is 0.251 e. The summed E-state index contributed by atoms with van der Waals surface area (Å²) in [6.07, 6.45) is 0. The van der Waals surface area contributed by atoms with Crippen molar-refractivity contribution >= 4 is 11.8 Å². The quantitative estimate of drug-likeness (QED) is 0.826. The van der Waals surface area contributed by atoms with Crippen LogP contribution < -0.4 is 10.6 Å². The third-order valence-electron chi connectivity index (χ3n) is 2.84. The lowest BCUT2D eigenvalue weighted by atomic mass is 10.2. The monoisotopic (exact) mass is 286 g/mol. The fraction of sp³-hybridized carbons (Fsp3) is 0.125. The molecule has 2 N–H and O–H groups in total. The second-order valence-electron chi connectivity index (χ2n) is 4.38. The van der Waals surface area contributed by atoms with Crippen LogP contribution in [0, 0.1) is 5.82 Å². The molecule has 0 atom stereocenters. The Labute approximate surface area is 122 Å². The standard InChI is InChI=1S/C16H15FN2O2/c17-14-8-6-13(7-9-14)16(21)19-11-10-18-15(20)12-4-2-1-3-5-12/h1-9H,10-11H2,(H,18,20)(H,19,21). The van der Waals surface area contributed by atoms with E-state index in [0.717, 1.165) is 0 Å². The Balaban J connectivity index is 1.73. The first-order chi connectivity index (χ1) is 10.2. The highest BCUT2D eigenvalue weighted by Gasteiger charge is 2.06. The molecule has 0 bridgehead atoms. The number of amides is 2. The van der Waals surface area contributed by atoms with Crippen molar-refractivity contribution in [2.75, 3.05) is 13.1 Å². The van der Waals surface area contributed by atoms with Gasteiger partial charge in [-0.15, -0.1) is 0 Å². The SMILES string of the molecule is O=C(NCCNC(=O)c1ccc(F)cc1)c1ccccc1. The largest absolute Gasteiger partial charge is 0.350 e. The topological polar surface area (TPSA) is 58.2 Å². The molecule has 0 aliphatic heterocycles. The molecular weight excluding hydrogens is 271 g/mol. The van der Waals surface area contributed by atoms with E-state index >= 15 is 0 Å². The lowest BCUT2D eigenvalue weighted by molar-refractivity contribution is 0.0927. The first-order valence-electron chi connectivity index (χ1n) is 6.54. The summed E-state index contributed by atoms with van der Waals surface area (Å²) >= 11 is 0. The maximum atomic E-state index is 12.7. The van der Waals surface area contributed by atoms with Crippen LogP contribution in [-0.2, 0) is 0 Å². The van der Waals surface area contributed by atoms with Gasteiger partial charge in [0.25, 0.3) is 11.8 Å². The molecule has 108 valence electrons. The van der Waals surface area contributed by atoms with Crippen LogP contribution in [0.2, 0.25) is 0 Å². The first-order valence-corrected chi connectivity index (χ1v) is 6.54. The van der Waals surface area contributed by atoms with Crippen LogP contribution in [0.4, 0.5) is 4.39 Å². The van der Waals surface area contributed by atoms with Gasteiger partial charge in [0.1, 0.15) is 5.82 Å². The summed E-state index contributed by atoms with van der Waals surface area (Å²) in [7, 11) is 0. The van der Waals surface area contributed by atoms with Crippen molar-refractivity contribution < 1.29 is 14.0 Å². The van der Waals surface area contributed by atoms with Crippen LogP contribution in [-0.4, -0.2) is 24.9 Å². The molecule has 0 unspecified atom stereocenters. The molecule has 0 radical (unpaired) electrons. The molecule has 0 spiro atoms. The van der Waals surface area contributed by atoms with Crippen LogP contribution in [0.3, 0.4) is 0 Å². The van der Waals surface area contributed by atoms with E-state index in [-0.39, 0.29) is 17.6 Å². The van der Waals surface area contributed by atoms with Gasteiger partial charge in [0.15, 0.2) is 0 Å². The summed E-state index contributed by atoms with van der Waals surface area (Å²) in [4.78, 5) is 23.5. The van der Waals surface area contributed by atoms with Crippen molar-refractivity contribution in [2.24, 2.45) is 0 Å². The molecule has 0 heterocycles. The molecule has 2 amide bonds. The van der Waals surface area contributed by atoms with Gasteiger partial charge >= 0.3 is 0 Å². The van der Waals surface area contributed by atoms with Crippen molar-refractivity contribution in [3.8, 4) is 0 Å². The van der Waals surface area contributed by atoms with Gasteiger partial charge in [-0.1, -0.05) is 18.2 Å². The molecule has 0 aliphatic rings. The summed E-state index contributed by atoms with van der Waals surface area (Å²) < 4.78 is 12.7. The Morgan fingerprint density at radius 2 is 1.24 bits per heavy atom. The Morgan fingerprint density at radius 1 is 0.762 bits per heavy atom. The number of carbonyl (C=O) groups is 2. The lowest BCUT2D eigenvalue weighted by Crippen LogP contribution is -2.34. The van der Waals surface area contributed by atoms with E-state index in [0.29, 0.717) is 24.2 Å². The molecule has 2 rings (SSSR count). The predicted molar refractivity (Wildman–Crippen MR) is 77.5 cm³/mol. The number of rotatable bonds is 5. The minimum absolute atomic E-state index is 0.188. The molecule has 21 heavy (non-hydrogen) atoms. The van der Waals surface area contributed by atoms with Crippen LogP contribution in [0.5, 0.6) is 0 Å². The Bertz CT molecular complexity index is 612. The second kappa shape index (κ2) is 7.19. The van der Waals surface area contributed by atoms with E-state index in [9.17, 15) is 14.0 Å². The predicted octanol–water partition coefficient (Wildman–Crippen LogP) is 1.99. The van der Waals surface area contributed by atoms with E-state index in [4.69, 9.17) is 0 Å². The van der Waals surface area contributed by atoms with Gasteiger partial charge in [0, 0.05) is 24.2 Å². The van der Waals surface area contributed by atoms with E-state index in [1.54, 1.807) is 24.3 Å². The maximum Gasteiger partial charge on any atom is 0.251 e. The number of halogens is 1. The minimum Gasteiger partial charge on any atom is -0.350 e.